The molecule has 0 spiro atoms. The van der Waals surface area contributed by atoms with Gasteiger partial charge in [-0.25, -0.2) is 4.79 Å². The number of carbonyl (C=O) groups is 3. The number of ketones is 2. The summed E-state index contributed by atoms with van der Waals surface area (Å²) < 4.78 is 9.80. The Bertz CT molecular complexity index is 381. The third-order valence-corrected chi connectivity index (χ3v) is 3.38. The summed E-state index contributed by atoms with van der Waals surface area (Å²) in [6.07, 6.45) is 0.833. The smallest absolute Gasteiger partial charge is 0.343 e. The minimum Gasteiger partial charge on any atom is -0.479 e. The van der Waals surface area contributed by atoms with Crippen molar-refractivity contribution in [3.8, 4) is 0 Å². The van der Waals surface area contributed by atoms with Crippen molar-refractivity contribution in [1.82, 2.24) is 0 Å². The molecule has 1 N–H and O–H groups in total. The number of rotatable bonds is 9. The lowest BCUT2D eigenvalue weighted by molar-refractivity contribution is -0.170. The molecule has 0 saturated heterocycles. The molecule has 0 aliphatic heterocycles. The highest BCUT2D eigenvalue weighted by Gasteiger charge is 2.44. The molecule has 0 heterocycles. The van der Waals surface area contributed by atoms with Crippen LogP contribution in [0.4, 0.5) is 0 Å². The highest BCUT2D eigenvalue weighted by Crippen LogP contribution is 2.22. The van der Waals surface area contributed by atoms with Gasteiger partial charge in [-0.15, -0.1) is 0 Å². The van der Waals surface area contributed by atoms with Crippen molar-refractivity contribution in [3.05, 3.63) is 0 Å². The number of hydrogen-bond donors (Lipinski definition) is 1. The van der Waals surface area contributed by atoms with Crippen LogP contribution in [-0.2, 0) is 23.9 Å². The van der Waals surface area contributed by atoms with Crippen molar-refractivity contribution in [3.63, 3.8) is 0 Å². The Morgan fingerprint density at radius 1 is 0.893 bits per heavy atom. The van der Waals surface area contributed by atoms with Gasteiger partial charge >= 0.3 is 5.97 Å². The van der Waals surface area contributed by atoms with E-state index in [0.717, 1.165) is 6.42 Å². The van der Waals surface area contributed by atoms with E-state index in [9.17, 15) is 14.4 Å². The van der Waals surface area contributed by atoms with Crippen LogP contribution in [0.2, 0.25) is 0 Å². The van der Waals surface area contributed by atoms with Crippen molar-refractivity contribution in [2.45, 2.75) is 103 Å². The zero-order chi connectivity index (χ0) is 18.8. The summed E-state index contributed by atoms with van der Waals surface area (Å²) in [5.74, 6) is -0.933. The van der Waals surface area contributed by atoms with Gasteiger partial charge in [-0.2, -0.15) is 0 Å². The van der Waals surface area contributed by atoms with E-state index in [-0.39, 0.29) is 62.8 Å². The Morgan fingerprint density at radius 3 is 1.36 bits per heavy atom. The molecule has 178 valence electrons. The molecule has 0 bridgehead atoms. The summed E-state index contributed by atoms with van der Waals surface area (Å²) in [5.41, 5.74) is -1.66. The van der Waals surface area contributed by atoms with Gasteiger partial charge < -0.3 is 14.6 Å². The first-order valence-corrected chi connectivity index (χ1v) is 7.77. The highest BCUT2D eigenvalue weighted by atomic mass is 16.5. The van der Waals surface area contributed by atoms with E-state index >= 15 is 0 Å². The average molecular weight is 416 g/mol. The predicted molar refractivity (Wildman–Crippen MR) is 124 cm³/mol. The second kappa shape index (κ2) is 22.0. The molecule has 0 aliphatic rings. The van der Waals surface area contributed by atoms with E-state index in [4.69, 9.17) is 14.6 Å². The summed E-state index contributed by atoms with van der Waals surface area (Å²) in [5, 5.41) is 8.90. The standard InChI is InChI=1S/C9H16O4.C8H16O2.5CH4.H2/c1-6(2)5-9(13-4,7(3)10)8(11)12;1-6(2)5-8(10-4)7(3)9;;;;;;/h6H,5H2,1-4H3,(H,11,12);6,8H,5H2,1-4H3;5*1H4;1H/i;;;;;;;1+1. The number of carbonyl (C=O) groups excluding carboxylic acids is 2. The van der Waals surface area contributed by atoms with Crippen LogP contribution in [0.15, 0.2) is 0 Å². The van der Waals surface area contributed by atoms with Gasteiger partial charge in [-0.3, -0.25) is 9.59 Å². The first-order chi connectivity index (χ1) is 10.4. The topological polar surface area (TPSA) is 89.9 Å². The third-order valence-electron chi connectivity index (χ3n) is 3.38. The second-order valence-corrected chi connectivity index (χ2v) is 6.45. The molecular weight excluding hydrogens is 360 g/mol. The Labute approximate surface area is 177 Å². The second-order valence-electron chi connectivity index (χ2n) is 6.45. The largest absolute Gasteiger partial charge is 0.479 e. The van der Waals surface area contributed by atoms with Gasteiger partial charge in [-0.1, -0.05) is 64.8 Å². The molecule has 0 aromatic carbocycles. The lowest BCUT2D eigenvalue weighted by Gasteiger charge is -2.26. The normalized spacial score (nSPS) is 12.1. The minimum atomic E-state index is -1.66. The number of ether oxygens (including phenoxy) is 2. The van der Waals surface area contributed by atoms with Crippen LogP contribution in [0.1, 0.15) is 92.9 Å². The molecule has 0 saturated carbocycles. The van der Waals surface area contributed by atoms with Gasteiger partial charge in [0.25, 0.3) is 0 Å². The Hall–Kier alpha value is -1.27. The number of carboxylic acid groups (broad SMARTS) is 1. The first-order valence-electron chi connectivity index (χ1n) is 7.77. The maximum atomic E-state index is 11.2. The van der Waals surface area contributed by atoms with Crippen LogP contribution in [0.25, 0.3) is 0 Å². The summed E-state index contributed by atoms with van der Waals surface area (Å²) >= 11 is 0. The summed E-state index contributed by atoms with van der Waals surface area (Å²) in [6, 6.07) is 0. The summed E-state index contributed by atoms with van der Waals surface area (Å²) in [6.45, 7) is 10.7. The molecule has 0 amide bonds. The monoisotopic (exact) mass is 415 g/mol. The molecule has 0 aliphatic carbocycles. The van der Waals surface area contributed by atoms with E-state index in [2.05, 4.69) is 13.8 Å². The van der Waals surface area contributed by atoms with Crippen molar-refractivity contribution in [1.29, 1.82) is 0 Å². The van der Waals surface area contributed by atoms with Gasteiger partial charge in [0.15, 0.2) is 11.6 Å². The molecule has 0 rings (SSSR count). The van der Waals surface area contributed by atoms with Gasteiger partial charge in [0.1, 0.15) is 6.10 Å². The summed E-state index contributed by atoms with van der Waals surface area (Å²) in [7, 11) is 2.83. The zero-order valence-corrected chi connectivity index (χ0v) is 15.6. The van der Waals surface area contributed by atoms with Crippen LogP contribution in [0, 0.1) is 11.8 Å². The lowest BCUT2D eigenvalue weighted by Crippen LogP contribution is -2.48. The van der Waals surface area contributed by atoms with E-state index in [1.165, 1.54) is 14.0 Å². The SMILES string of the molecule is C.C.C.C.C.COC(CC(C)C)(C(C)=O)C(=O)O.COC(CC(C)C)C(C)=O.[2HH]. The number of methoxy groups -OCH3 is 2. The van der Waals surface area contributed by atoms with Crippen molar-refractivity contribution < 1.29 is 30.4 Å². The molecular formula is C22H54O6. The van der Waals surface area contributed by atoms with Crippen molar-refractivity contribution in [2.24, 2.45) is 11.8 Å². The van der Waals surface area contributed by atoms with Crippen LogP contribution >= 0.6 is 0 Å². The van der Waals surface area contributed by atoms with Gasteiger partial charge in [0.2, 0.25) is 5.60 Å². The maximum Gasteiger partial charge on any atom is 0.343 e. The van der Waals surface area contributed by atoms with Crippen molar-refractivity contribution in [2.75, 3.05) is 14.2 Å². The number of carboxylic acids is 1. The Balaban J connectivity index is -0.0000000428. The molecule has 2 unspecified atom stereocenters. The lowest BCUT2D eigenvalue weighted by atomic mass is 9.89. The van der Waals surface area contributed by atoms with Crippen LogP contribution in [-0.4, -0.2) is 48.6 Å². The number of Topliss-reactive ketones (excluding diaryl/α,β-unsaturated/α-hetero) is 2. The zero-order valence-electron chi connectivity index (χ0n) is 15.6. The first kappa shape index (κ1) is 45.5. The van der Waals surface area contributed by atoms with Gasteiger partial charge in [0.05, 0.1) is 0 Å². The quantitative estimate of drug-likeness (QED) is 0.454. The molecule has 0 aromatic heterocycles. The fraction of sp³-hybridized carbons (Fsp3) is 0.864. The van der Waals surface area contributed by atoms with Gasteiger partial charge in [-0.05, 0) is 38.5 Å². The molecule has 0 aromatic rings. The molecule has 6 heteroatoms. The fourth-order valence-corrected chi connectivity index (χ4v) is 2.13. The summed E-state index contributed by atoms with van der Waals surface area (Å²) in [4.78, 5) is 32.8. The number of hydrogen-bond acceptors (Lipinski definition) is 5. The van der Waals surface area contributed by atoms with E-state index < -0.39 is 17.4 Å². The maximum absolute atomic E-state index is 11.2. The van der Waals surface area contributed by atoms with E-state index in [0.29, 0.717) is 5.92 Å². The molecule has 28 heavy (non-hydrogen) atoms. The highest BCUT2D eigenvalue weighted by molar-refractivity contribution is 6.05. The van der Waals surface area contributed by atoms with Gasteiger partial charge in [0, 0.05) is 15.6 Å². The minimum absolute atomic E-state index is 0. The molecule has 2 atom stereocenters. The van der Waals surface area contributed by atoms with E-state index in [1.807, 2.05) is 13.8 Å². The third kappa shape index (κ3) is 16.9. The Kier molecular flexibility index (Phi) is 35.8. The van der Waals surface area contributed by atoms with Crippen LogP contribution in [0.3, 0.4) is 0 Å². The number of aliphatic carboxylic acids is 1. The fourth-order valence-electron chi connectivity index (χ4n) is 2.13. The molecule has 0 fully saturated rings. The predicted octanol–water partition coefficient (Wildman–Crippen LogP) is 6.15. The van der Waals surface area contributed by atoms with Crippen LogP contribution < -0.4 is 0 Å². The Morgan fingerprint density at radius 2 is 1.29 bits per heavy atom. The molecule has 6 nitrogen and oxygen atoms in total. The average Bonchev–Trinajstić information content (AvgIpc) is 2.41. The van der Waals surface area contributed by atoms with Crippen LogP contribution in [0.5, 0.6) is 0 Å². The van der Waals surface area contributed by atoms with Crippen molar-refractivity contribution >= 4 is 17.5 Å². The van der Waals surface area contributed by atoms with E-state index in [1.54, 1.807) is 14.0 Å². The molecule has 0 radical (unpaired) electrons.